The molecule has 0 bridgehead atoms. The fourth-order valence-electron chi connectivity index (χ4n) is 4.65. The van der Waals surface area contributed by atoms with Gasteiger partial charge in [-0.25, -0.2) is 9.36 Å². The highest BCUT2D eigenvalue weighted by molar-refractivity contribution is 7.98. The number of ether oxygens (including phenoxy) is 1. The number of hydrogen-bond acceptors (Lipinski definition) is 9. The van der Waals surface area contributed by atoms with Gasteiger partial charge in [0.2, 0.25) is 11.8 Å². The molecule has 2 aromatic carbocycles. The topological polar surface area (TPSA) is 123 Å². The molecule has 1 saturated heterocycles. The minimum atomic E-state index is -4.09. The summed E-state index contributed by atoms with van der Waals surface area (Å²) in [4.78, 5) is 42.8. The van der Waals surface area contributed by atoms with Crippen molar-refractivity contribution in [2.75, 3.05) is 19.1 Å². The number of benzene rings is 2. The number of carbonyl (C=O) groups is 3. The Bertz CT molecular complexity index is 1280. The van der Waals surface area contributed by atoms with Crippen LogP contribution in [0.3, 0.4) is 0 Å². The van der Waals surface area contributed by atoms with E-state index in [1.165, 1.54) is 4.90 Å². The summed E-state index contributed by atoms with van der Waals surface area (Å²) in [5, 5.41) is 5.47. The number of amides is 3. The van der Waals surface area contributed by atoms with Gasteiger partial charge in [-0.1, -0.05) is 13.8 Å². The molecule has 3 unspecified atom stereocenters. The van der Waals surface area contributed by atoms with Crippen LogP contribution in [-0.2, 0) is 18.9 Å². The summed E-state index contributed by atoms with van der Waals surface area (Å²) < 4.78 is 32.2. The largest absolute Gasteiger partial charge is 0.453 e. The van der Waals surface area contributed by atoms with Crippen molar-refractivity contribution in [3.8, 4) is 11.5 Å². The Hall–Kier alpha value is -2.82. The van der Waals surface area contributed by atoms with Crippen molar-refractivity contribution in [1.82, 2.24) is 15.5 Å². The van der Waals surface area contributed by atoms with E-state index in [-0.39, 0.29) is 5.92 Å². The second-order valence-corrected chi connectivity index (χ2v) is 15.6. The summed E-state index contributed by atoms with van der Waals surface area (Å²) in [5.41, 5.74) is -0.721. The molecule has 0 saturated carbocycles. The molecule has 2 N–H and O–H groups in total. The molecule has 2 aromatic rings. The fraction of sp³-hybridized carbons (Fsp3) is 0.516. The third-order valence-corrected chi connectivity index (χ3v) is 10.6. The fourth-order valence-corrected chi connectivity index (χ4v) is 7.58. The molecule has 13 heteroatoms. The number of carbonyl (C=O) groups excluding carboxylic acids is 3. The first kappa shape index (κ1) is 35.7. The molecule has 0 aliphatic carbocycles. The van der Waals surface area contributed by atoms with Crippen LogP contribution in [0.4, 0.5) is 4.79 Å². The minimum Gasteiger partial charge on any atom is -0.444 e. The molecule has 3 atom stereocenters. The van der Waals surface area contributed by atoms with Crippen molar-refractivity contribution in [3.63, 3.8) is 0 Å². The average Bonchev–Trinajstić information content (AvgIpc) is 3.45. The maximum Gasteiger partial charge on any atom is 0.453 e. The Balaban J connectivity index is 1.85. The maximum absolute atomic E-state index is 14.7. The van der Waals surface area contributed by atoms with E-state index >= 15 is 0 Å². The lowest BCUT2D eigenvalue weighted by Crippen LogP contribution is -2.54. The van der Waals surface area contributed by atoms with Gasteiger partial charge in [0.15, 0.2) is 5.78 Å². The first-order valence-electron chi connectivity index (χ1n) is 14.5. The van der Waals surface area contributed by atoms with Crippen molar-refractivity contribution in [2.45, 2.75) is 87.6 Å². The Labute approximate surface area is 269 Å². The summed E-state index contributed by atoms with van der Waals surface area (Å²) in [7, 11) is -4.09. The summed E-state index contributed by atoms with van der Waals surface area (Å²) in [6.07, 6.45) is 4.21. The van der Waals surface area contributed by atoms with Gasteiger partial charge in [0.05, 0.1) is 0 Å². The lowest BCUT2D eigenvalue weighted by molar-refractivity contribution is -0.139. The highest BCUT2D eigenvalue weighted by Crippen LogP contribution is 2.54. The number of nitrogens with one attached hydrogen (secondary N) is 2. The lowest BCUT2D eigenvalue weighted by atomic mass is 10.1. The van der Waals surface area contributed by atoms with Crippen LogP contribution in [0.25, 0.3) is 0 Å². The quantitative estimate of drug-likeness (QED) is 0.187. The van der Waals surface area contributed by atoms with Crippen LogP contribution in [0.1, 0.15) is 54.4 Å². The van der Waals surface area contributed by atoms with E-state index in [1.54, 1.807) is 75.5 Å². The van der Waals surface area contributed by atoms with Gasteiger partial charge in [-0.2, -0.15) is 0 Å². The zero-order chi connectivity index (χ0) is 32.7. The van der Waals surface area contributed by atoms with Crippen LogP contribution >= 0.6 is 31.1 Å². The highest BCUT2D eigenvalue weighted by Gasteiger charge is 2.45. The molecule has 44 heavy (non-hydrogen) atoms. The third-order valence-electron chi connectivity index (χ3n) is 6.79. The van der Waals surface area contributed by atoms with E-state index in [2.05, 4.69) is 10.6 Å². The second kappa shape index (κ2) is 15.5. The molecule has 0 radical (unpaired) electrons. The molecular weight excluding hydrogens is 621 g/mol. The normalized spacial score (nSPS) is 16.7. The zero-order valence-electron chi connectivity index (χ0n) is 26.6. The van der Waals surface area contributed by atoms with Crippen LogP contribution in [0.5, 0.6) is 11.5 Å². The van der Waals surface area contributed by atoms with Crippen LogP contribution in [0, 0.1) is 5.92 Å². The Morgan fingerprint density at radius 1 is 0.886 bits per heavy atom. The third kappa shape index (κ3) is 9.84. The van der Waals surface area contributed by atoms with Crippen molar-refractivity contribution >= 4 is 49.0 Å². The van der Waals surface area contributed by atoms with Crippen LogP contribution in [0.15, 0.2) is 58.3 Å². The first-order valence-corrected chi connectivity index (χ1v) is 18.6. The van der Waals surface area contributed by atoms with Gasteiger partial charge >= 0.3 is 13.7 Å². The molecule has 242 valence electrons. The highest BCUT2D eigenvalue weighted by atomic mass is 32.2. The SMILES string of the molecule is CSc1ccc(OP(=O)(Oc2ccc(SC)cc2)C(NC(=O)C2CCCN2C(=O)C(C)NC(=O)OC(C)(C)C)C(C)C)cc1. The van der Waals surface area contributed by atoms with E-state index in [4.69, 9.17) is 13.8 Å². The van der Waals surface area contributed by atoms with Crippen LogP contribution in [0.2, 0.25) is 0 Å². The number of hydrogen-bond donors (Lipinski definition) is 2. The monoisotopic (exact) mass is 665 g/mol. The molecule has 3 rings (SSSR count). The molecule has 1 aliphatic rings. The smallest absolute Gasteiger partial charge is 0.444 e. The molecule has 1 fully saturated rings. The van der Waals surface area contributed by atoms with E-state index < -0.39 is 49.0 Å². The summed E-state index contributed by atoms with van der Waals surface area (Å²) in [5.74, 6) is -1.60. The van der Waals surface area contributed by atoms with Gasteiger partial charge in [-0.05, 0) is 107 Å². The van der Waals surface area contributed by atoms with Gasteiger partial charge in [0.25, 0.3) is 0 Å². The standard InChI is InChI=1S/C31H44N3O7PS2/c1-20(2)28(33-27(35)26-10-9-19-34(26)29(36)21(3)32-30(37)39-31(4,5)6)42(38,40-22-11-15-24(43-7)16-12-22)41-23-13-17-25(44-8)18-14-23/h11-18,20-21,26,28H,9-10,19H2,1-8H3,(H,32,37)(H,33,35). The van der Waals surface area contributed by atoms with Crippen molar-refractivity contribution in [1.29, 1.82) is 0 Å². The zero-order valence-corrected chi connectivity index (χ0v) is 29.1. The van der Waals surface area contributed by atoms with Crippen molar-refractivity contribution in [3.05, 3.63) is 48.5 Å². The number of likely N-dealkylation sites (tertiary alicyclic amines) is 1. The van der Waals surface area contributed by atoms with Gasteiger partial charge in [-0.3, -0.25) is 9.59 Å². The molecule has 0 spiro atoms. The molecular formula is C31H44N3O7PS2. The van der Waals surface area contributed by atoms with Crippen LogP contribution < -0.4 is 19.7 Å². The first-order chi connectivity index (χ1) is 20.7. The Kier molecular flexibility index (Phi) is 12.5. The van der Waals surface area contributed by atoms with Gasteiger partial charge < -0.3 is 29.3 Å². The van der Waals surface area contributed by atoms with E-state index in [0.29, 0.717) is 30.9 Å². The average molecular weight is 666 g/mol. The predicted molar refractivity (Wildman–Crippen MR) is 176 cm³/mol. The second-order valence-electron chi connectivity index (χ2n) is 11.8. The molecule has 0 aromatic heterocycles. The maximum atomic E-state index is 14.7. The Morgan fingerprint density at radius 2 is 1.39 bits per heavy atom. The summed E-state index contributed by atoms with van der Waals surface area (Å²) >= 11 is 3.14. The lowest BCUT2D eigenvalue weighted by Gasteiger charge is -2.33. The van der Waals surface area contributed by atoms with Gasteiger partial charge in [0.1, 0.15) is 29.2 Å². The molecule has 1 aliphatic heterocycles. The minimum absolute atomic E-state index is 0.339. The summed E-state index contributed by atoms with van der Waals surface area (Å²) in [6.45, 7) is 10.7. The number of alkyl carbamates (subject to hydrolysis) is 1. The van der Waals surface area contributed by atoms with Crippen LogP contribution in [-0.4, -0.2) is 65.3 Å². The van der Waals surface area contributed by atoms with Gasteiger partial charge in [0, 0.05) is 16.3 Å². The van der Waals surface area contributed by atoms with E-state index in [0.717, 1.165) is 9.79 Å². The van der Waals surface area contributed by atoms with Crippen molar-refractivity contribution in [2.24, 2.45) is 5.92 Å². The molecule has 3 amide bonds. The number of nitrogens with zero attached hydrogens (tertiary/aromatic N) is 1. The van der Waals surface area contributed by atoms with E-state index in [9.17, 15) is 18.9 Å². The van der Waals surface area contributed by atoms with Crippen molar-refractivity contribution < 1.29 is 32.7 Å². The molecule has 1 heterocycles. The Morgan fingerprint density at radius 3 is 1.82 bits per heavy atom. The summed E-state index contributed by atoms with van der Waals surface area (Å²) in [6, 6.07) is 12.6. The van der Waals surface area contributed by atoms with Gasteiger partial charge in [-0.15, -0.1) is 23.5 Å². The number of rotatable bonds is 12. The molecule has 10 nitrogen and oxygen atoms in total. The number of thioether (sulfide) groups is 2. The predicted octanol–water partition coefficient (Wildman–Crippen LogP) is 6.78. The van der Waals surface area contributed by atoms with E-state index in [1.807, 2.05) is 50.6 Å².